The van der Waals surface area contributed by atoms with Crippen LogP contribution < -0.4 is 9.46 Å². The van der Waals surface area contributed by atoms with Crippen molar-refractivity contribution >= 4 is 15.7 Å². The molecular formula is C19H18N2O3S. The molecule has 1 N–H and O–H groups in total. The maximum Gasteiger partial charge on any atom is 0.229 e. The second kappa shape index (κ2) is 6.94. The van der Waals surface area contributed by atoms with Crippen molar-refractivity contribution in [3.05, 3.63) is 67.0 Å². The van der Waals surface area contributed by atoms with Crippen LogP contribution >= 0.6 is 0 Å². The predicted octanol–water partition coefficient (Wildman–Crippen LogP) is 3.80. The van der Waals surface area contributed by atoms with E-state index in [4.69, 9.17) is 4.74 Å². The van der Waals surface area contributed by atoms with E-state index in [0.717, 1.165) is 34.3 Å². The molecule has 2 aromatic carbocycles. The maximum absolute atomic E-state index is 11.3. The van der Waals surface area contributed by atoms with Gasteiger partial charge in [-0.25, -0.2) is 8.42 Å². The number of sulfonamides is 1. The number of nitrogens with zero attached hydrogens (tertiary/aromatic N) is 1. The minimum atomic E-state index is -3.28. The summed E-state index contributed by atoms with van der Waals surface area (Å²) in [5, 5.41) is 0. The van der Waals surface area contributed by atoms with E-state index in [1.54, 1.807) is 25.4 Å². The summed E-state index contributed by atoms with van der Waals surface area (Å²) in [7, 11) is -1.64. The first-order valence-electron chi connectivity index (χ1n) is 7.62. The lowest BCUT2D eigenvalue weighted by Crippen LogP contribution is -2.09. The van der Waals surface area contributed by atoms with Gasteiger partial charge in [0, 0.05) is 29.2 Å². The highest BCUT2D eigenvalue weighted by Crippen LogP contribution is 2.27. The number of pyridine rings is 1. The molecule has 0 atom stereocenters. The summed E-state index contributed by atoms with van der Waals surface area (Å²) in [6.45, 7) is 0. The van der Waals surface area contributed by atoms with Crippen molar-refractivity contribution in [3.63, 3.8) is 0 Å². The minimum Gasteiger partial charge on any atom is -0.497 e. The van der Waals surface area contributed by atoms with E-state index in [2.05, 4.69) is 9.71 Å². The fourth-order valence-corrected chi connectivity index (χ4v) is 3.05. The Morgan fingerprint density at radius 2 is 1.36 bits per heavy atom. The molecule has 0 bridgehead atoms. The van der Waals surface area contributed by atoms with E-state index in [-0.39, 0.29) is 0 Å². The summed E-state index contributed by atoms with van der Waals surface area (Å²) in [6.07, 6.45) is 4.72. The Labute approximate surface area is 147 Å². The zero-order valence-electron chi connectivity index (χ0n) is 13.9. The van der Waals surface area contributed by atoms with E-state index in [1.807, 2.05) is 48.7 Å². The van der Waals surface area contributed by atoms with Gasteiger partial charge in [0.15, 0.2) is 0 Å². The molecule has 3 rings (SSSR count). The van der Waals surface area contributed by atoms with Gasteiger partial charge in [0.1, 0.15) is 5.75 Å². The van der Waals surface area contributed by atoms with Gasteiger partial charge < -0.3 is 4.74 Å². The fraction of sp³-hybridized carbons (Fsp3) is 0.105. The zero-order valence-corrected chi connectivity index (χ0v) is 14.7. The Bertz CT molecular complexity index is 966. The minimum absolute atomic E-state index is 0.533. The van der Waals surface area contributed by atoms with Crippen LogP contribution in [0.5, 0.6) is 5.75 Å². The van der Waals surface area contributed by atoms with E-state index < -0.39 is 10.0 Å². The first-order chi connectivity index (χ1) is 11.9. The van der Waals surface area contributed by atoms with Crippen molar-refractivity contribution in [2.75, 3.05) is 18.1 Å². The van der Waals surface area contributed by atoms with Gasteiger partial charge in [0.25, 0.3) is 0 Å². The lowest BCUT2D eigenvalue weighted by molar-refractivity contribution is 0.415. The first-order valence-corrected chi connectivity index (χ1v) is 9.51. The van der Waals surface area contributed by atoms with Crippen LogP contribution in [0.25, 0.3) is 22.3 Å². The van der Waals surface area contributed by atoms with Crippen LogP contribution in [0.2, 0.25) is 0 Å². The van der Waals surface area contributed by atoms with Crippen molar-refractivity contribution in [2.45, 2.75) is 0 Å². The number of hydrogen-bond acceptors (Lipinski definition) is 4. The largest absolute Gasteiger partial charge is 0.497 e. The predicted molar refractivity (Wildman–Crippen MR) is 100 cm³/mol. The molecule has 0 spiro atoms. The molecular weight excluding hydrogens is 336 g/mol. The molecule has 0 saturated heterocycles. The van der Waals surface area contributed by atoms with Crippen molar-refractivity contribution in [2.24, 2.45) is 0 Å². The molecule has 3 aromatic rings. The summed E-state index contributed by atoms with van der Waals surface area (Å²) < 4.78 is 30.2. The average Bonchev–Trinajstić information content (AvgIpc) is 2.61. The van der Waals surface area contributed by atoms with Crippen LogP contribution in [0.4, 0.5) is 5.69 Å². The Morgan fingerprint density at radius 1 is 0.840 bits per heavy atom. The number of nitrogens with one attached hydrogen (secondary N) is 1. The number of ether oxygens (including phenoxy) is 1. The highest BCUT2D eigenvalue weighted by atomic mass is 32.2. The SMILES string of the molecule is COc1ccc(-c2cncc(-c3ccc(NS(C)(=O)=O)cc3)c2)cc1. The summed E-state index contributed by atoms with van der Waals surface area (Å²) in [5.74, 6) is 0.807. The number of hydrogen-bond donors (Lipinski definition) is 1. The van der Waals surface area contributed by atoms with Crippen LogP contribution in [0.1, 0.15) is 0 Å². The molecule has 0 fully saturated rings. The van der Waals surface area contributed by atoms with Gasteiger partial charge >= 0.3 is 0 Å². The van der Waals surface area contributed by atoms with Gasteiger partial charge in [-0.05, 0) is 41.5 Å². The molecule has 25 heavy (non-hydrogen) atoms. The van der Waals surface area contributed by atoms with Crippen LogP contribution in [0.15, 0.2) is 67.0 Å². The van der Waals surface area contributed by atoms with Crippen molar-refractivity contribution < 1.29 is 13.2 Å². The quantitative estimate of drug-likeness (QED) is 0.757. The first kappa shape index (κ1) is 17.0. The Kier molecular flexibility index (Phi) is 4.72. The van der Waals surface area contributed by atoms with E-state index in [1.165, 1.54) is 0 Å². The lowest BCUT2D eigenvalue weighted by Gasteiger charge is -2.08. The van der Waals surface area contributed by atoms with Crippen LogP contribution in [0.3, 0.4) is 0 Å². The van der Waals surface area contributed by atoms with Crippen molar-refractivity contribution in [3.8, 4) is 28.0 Å². The van der Waals surface area contributed by atoms with E-state index in [0.29, 0.717) is 5.69 Å². The molecule has 0 aliphatic carbocycles. The van der Waals surface area contributed by atoms with Gasteiger partial charge in [-0.1, -0.05) is 24.3 Å². The summed E-state index contributed by atoms with van der Waals surface area (Å²) in [5.41, 5.74) is 4.50. The van der Waals surface area contributed by atoms with Crippen LogP contribution in [0, 0.1) is 0 Å². The molecule has 0 amide bonds. The number of aromatic nitrogens is 1. The molecule has 1 aromatic heterocycles. The molecule has 1 heterocycles. The van der Waals surface area contributed by atoms with Gasteiger partial charge in [0.2, 0.25) is 10.0 Å². The van der Waals surface area contributed by atoms with Crippen LogP contribution in [-0.4, -0.2) is 26.8 Å². The second-order valence-electron chi connectivity index (χ2n) is 5.64. The molecule has 0 saturated carbocycles. The third-order valence-corrected chi connectivity index (χ3v) is 4.29. The third-order valence-electron chi connectivity index (χ3n) is 3.68. The fourth-order valence-electron chi connectivity index (χ4n) is 2.48. The summed E-state index contributed by atoms with van der Waals surface area (Å²) in [6, 6.07) is 17.0. The topological polar surface area (TPSA) is 68.3 Å². The summed E-state index contributed by atoms with van der Waals surface area (Å²) >= 11 is 0. The van der Waals surface area contributed by atoms with Gasteiger partial charge in [0.05, 0.1) is 13.4 Å². The Morgan fingerprint density at radius 3 is 1.84 bits per heavy atom. The molecule has 5 nitrogen and oxygen atoms in total. The number of anilines is 1. The second-order valence-corrected chi connectivity index (χ2v) is 7.39. The standard InChI is InChI=1S/C19H18N2O3S/c1-24-19-9-5-15(6-10-19)17-11-16(12-20-13-17)14-3-7-18(8-4-14)21-25(2,22)23/h3-13,21H,1-2H3. The molecule has 0 radical (unpaired) electrons. The smallest absolute Gasteiger partial charge is 0.229 e. The third kappa shape index (κ3) is 4.36. The highest BCUT2D eigenvalue weighted by Gasteiger charge is 2.05. The average molecular weight is 354 g/mol. The number of methoxy groups -OCH3 is 1. The van der Waals surface area contributed by atoms with Crippen LogP contribution in [-0.2, 0) is 10.0 Å². The van der Waals surface area contributed by atoms with Crippen molar-refractivity contribution in [1.29, 1.82) is 0 Å². The van der Waals surface area contributed by atoms with Gasteiger partial charge in [-0.3, -0.25) is 9.71 Å². The van der Waals surface area contributed by atoms with E-state index in [9.17, 15) is 8.42 Å². The zero-order chi connectivity index (χ0) is 17.9. The Balaban J connectivity index is 1.88. The van der Waals surface area contributed by atoms with E-state index >= 15 is 0 Å². The monoisotopic (exact) mass is 354 g/mol. The van der Waals surface area contributed by atoms with Gasteiger partial charge in [-0.15, -0.1) is 0 Å². The molecule has 6 heteroatoms. The molecule has 128 valence electrons. The van der Waals surface area contributed by atoms with Crippen molar-refractivity contribution in [1.82, 2.24) is 4.98 Å². The maximum atomic E-state index is 11.3. The molecule has 0 aliphatic rings. The van der Waals surface area contributed by atoms with Gasteiger partial charge in [-0.2, -0.15) is 0 Å². The number of rotatable bonds is 5. The molecule has 0 unspecified atom stereocenters. The normalized spacial score (nSPS) is 11.1. The highest BCUT2D eigenvalue weighted by molar-refractivity contribution is 7.92. The Hall–Kier alpha value is -2.86. The summed E-state index contributed by atoms with van der Waals surface area (Å²) in [4.78, 5) is 4.32. The lowest BCUT2D eigenvalue weighted by atomic mass is 10.0. The molecule has 0 aliphatic heterocycles. The number of benzene rings is 2.